The molecule has 0 saturated heterocycles. The molecule has 0 heterocycles. The van der Waals surface area contributed by atoms with Crippen molar-refractivity contribution in [1.29, 1.82) is 0 Å². The van der Waals surface area contributed by atoms with E-state index in [4.69, 9.17) is 4.74 Å². The van der Waals surface area contributed by atoms with Crippen molar-refractivity contribution in [2.75, 3.05) is 13.2 Å². The van der Waals surface area contributed by atoms with Gasteiger partial charge in [-0.25, -0.2) is 0 Å². The molecule has 1 nitrogen and oxygen atoms in total. The maximum absolute atomic E-state index is 5.30. The number of unbranched alkanes of at least 4 members (excludes halogenated alkanes) is 2. The van der Waals surface area contributed by atoms with Crippen LogP contribution in [-0.4, -0.2) is 13.2 Å². The molecule has 1 radical (unpaired) electrons. The van der Waals surface area contributed by atoms with E-state index >= 15 is 0 Å². The third kappa shape index (κ3) is 9.88. The summed E-state index contributed by atoms with van der Waals surface area (Å²) in [6.45, 7) is 8.35. The summed E-state index contributed by atoms with van der Waals surface area (Å²) >= 11 is 0. The van der Waals surface area contributed by atoms with Crippen LogP contribution in [0.5, 0.6) is 0 Å². The van der Waals surface area contributed by atoms with Crippen LogP contribution in [0.4, 0.5) is 0 Å². The van der Waals surface area contributed by atoms with Crippen LogP contribution >= 0.6 is 0 Å². The van der Waals surface area contributed by atoms with E-state index in [1.54, 1.807) is 0 Å². The highest BCUT2D eigenvalue weighted by Gasteiger charge is 2.00. The quantitative estimate of drug-likeness (QED) is 0.496. The molecule has 0 aromatic heterocycles. The van der Waals surface area contributed by atoms with Crippen molar-refractivity contribution >= 4 is 0 Å². The summed E-state index contributed by atoms with van der Waals surface area (Å²) in [6.07, 6.45) is 8.81. The van der Waals surface area contributed by atoms with Crippen molar-refractivity contribution in [2.45, 2.75) is 52.9 Å². The summed E-state index contributed by atoms with van der Waals surface area (Å²) in [5.74, 6) is 0.875. The van der Waals surface area contributed by atoms with E-state index in [1.807, 2.05) is 0 Å². The molecule has 0 aromatic rings. The zero-order valence-corrected chi connectivity index (χ0v) is 9.51. The van der Waals surface area contributed by atoms with E-state index < -0.39 is 0 Å². The lowest BCUT2D eigenvalue weighted by atomic mass is 9.98. The Balaban J connectivity index is 3.05. The van der Waals surface area contributed by atoms with Crippen LogP contribution in [0.3, 0.4) is 0 Å². The standard InChI is InChI=1S/C12H25O/c1-4-6-7-9-12(3)10-8-11-13-5-2/h4,12H,5-11H2,1-3H3/t12-/m0/s1. The van der Waals surface area contributed by atoms with Gasteiger partial charge in [0.1, 0.15) is 0 Å². The van der Waals surface area contributed by atoms with Gasteiger partial charge < -0.3 is 4.74 Å². The number of hydrogen-bond donors (Lipinski definition) is 0. The van der Waals surface area contributed by atoms with Crippen LogP contribution in [0.1, 0.15) is 52.9 Å². The predicted octanol–water partition coefficient (Wildman–Crippen LogP) is 3.83. The Morgan fingerprint density at radius 1 is 1.23 bits per heavy atom. The average molecular weight is 185 g/mol. The van der Waals surface area contributed by atoms with Crippen molar-refractivity contribution in [3.63, 3.8) is 0 Å². The third-order valence-electron chi connectivity index (χ3n) is 2.38. The maximum atomic E-state index is 5.30. The van der Waals surface area contributed by atoms with Crippen molar-refractivity contribution in [3.05, 3.63) is 6.42 Å². The van der Waals surface area contributed by atoms with Gasteiger partial charge in [-0.1, -0.05) is 33.1 Å². The normalized spacial score (nSPS) is 13.2. The van der Waals surface area contributed by atoms with Gasteiger partial charge in [0.2, 0.25) is 0 Å². The Labute approximate surface area is 83.9 Å². The van der Waals surface area contributed by atoms with Crippen molar-refractivity contribution < 1.29 is 4.74 Å². The molecule has 0 aliphatic rings. The second kappa shape index (κ2) is 10.0. The average Bonchev–Trinajstić information content (AvgIpc) is 2.13. The first-order valence-electron chi connectivity index (χ1n) is 5.66. The minimum Gasteiger partial charge on any atom is -0.382 e. The van der Waals surface area contributed by atoms with Gasteiger partial charge in [0.15, 0.2) is 0 Å². The minimum atomic E-state index is 0.860. The number of ether oxygens (including phenoxy) is 1. The molecule has 13 heavy (non-hydrogen) atoms. The van der Waals surface area contributed by atoms with E-state index in [0.717, 1.165) is 19.1 Å². The van der Waals surface area contributed by atoms with E-state index in [1.165, 1.54) is 32.1 Å². The summed E-state index contributed by atoms with van der Waals surface area (Å²) in [7, 11) is 0. The molecular formula is C12H25O. The molecule has 1 atom stereocenters. The molecule has 0 rings (SSSR count). The monoisotopic (exact) mass is 185 g/mol. The van der Waals surface area contributed by atoms with Crippen molar-refractivity contribution in [1.82, 2.24) is 0 Å². The summed E-state index contributed by atoms with van der Waals surface area (Å²) in [5.41, 5.74) is 0. The fourth-order valence-corrected chi connectivity index (χ4v) is 1.49. The highest BCUT2D eigenvalue weighted by molar-refractivity contribution is 4.59. The van der Waals surface area contributed by atoms with E-state index in [0.29, 0.717) is 0 Å². The molecule has 0 spiro atoms. The molecule has 0 aromatic carbocycles. The molecule has 0 N–H and O–H groups in total. The summed E-state index contributed by atoms with van der Waals surface area (Å²) in [4.78, 5) is 0. The molecule has 1 heteroatoms. The van der Waals surface area contributed by atoms with Gasteiger partial charge in [-0.2, -0.15) is 0 Å². The first kappa shape index (κ1) is 13.0. The van der Waals surface area contributed by atoms with Gasteiger partial charge in [-0.15, -0.1) is 0 Å². The van der Waals surface area contributed by atoms with Crippen LogP contribution in [0.15, 0.2) is 0 Å². The highest BCUT2D eigenvalue weighted by atomic mass is 16.5. The highest BCUT2D eigenvalue weighted by Crippen LogP contribution is 2.14. The summed E-state index contributed by atoms with van der Waals surface area (Å²) in [5, 5.41) is 0. The fourth-order valence-electron chi connectivity index (χ4n) is 1.49. The molecule has 0 fully saturated rings. The van der Waals surface area contributed by atoms with Gasteiger partial charge >= 0.3 is 0 Å². The van der Waals surface area contributed by atoms with E-state index in [2.05, 4.69) is 27.2 Å². The van der Waals surface area contributed by atoms with E-state index in [-0.39, 0.29) is 0 Å². The fraction of sp³-hybridized carbons (Fsp3) is 0.917. The number of rotatable bonds is 9. The summed E-state index contributed by atoms with van der Waals surface area (Å²) in [6, 6.07) is 0. The Morgan fingerprint density at radius 3 is 2.54 bits per heavy atom. The molecular weight excluding hydrogens is 160 g/mol. The third-order valence-corrected chi connectivity index (χ3v) is 2.38. The topological polar surface area (TPSA) is 9.23 Å². The van der Waals surface area contributed by atoms with Gasteiger partial charge in [-0.3, -0.25) is 0 Å². The van der Waals surface area contributed by atoms with Gasteiger partial charge in [0.25, 0.3) is 0 Å². The smallest absolute Gasteiger partial charge is 0.0465 e. The maximum Gasteiger partial charge on any atom is 0.0465 e. The second-order valence-electron chi connectivity index (χ2n) is 3.78. The molecule has 0 unspecified atom stereocenters. The molecule has 0 amide bonds. The predicted molar refractivity (Wildman–Crippen MR) is 58.7 cm³/mol. The zero-order valence-electron chi connectivity index (χ0n) is 9.51. The molecule has 0 bridgehead atoms. The minimum absolute atomic E-state index is 0.860. The Morgan fingerprint density at radius 2 is 1.92 bits per heavy atom. The lowest BCUT2D eigenvalue weighted by Crippen LogP contribution is -1.99. The number of hydrogen-bond acceptors (Lipinski definition) is 1. The second-order valence-corrected chi connectivity index (χ2v) is 3.78. The first-order chi connectivity index (χ1) is 6.31. The lowest BCUT2D eigenvalue weighted by molar-refractivity contribution is 0.139. The van der Waals surface area contributed by atoms with Crippen molar-refractivity contribution in [3.8, 4) is 0 Å². The lowest BCUT2D eigenvalue weighted by Gasteiger charge is -2.10. The van der Waals surface area contributed by atoms with Gasteiger partial charge in [0, 0.05) is 13.2 Å². The van der Waals surface area contributed by atoms with Crippen molar-refractivity contribution in [2.24, 2.45) is 5.92 Å². The van der Waals surface area contributed by atoms with Crippen LogP contribution < -0.4 is 0 Å². The molecule has 0 aliphatic heterocycles. The Hall–Kier alpha value is -0.0400. The van der Waals surface area contributed by atoms with Gasteiger partial charge in [-0.05, 0) is 32.1 Å². The SMILES string of the molecule is C[CH]CCC[C@H](C)CCCOCC. The summed E-state index contributed by atoms with van der Waals surface area (Å²) < 4.78 is 5.30. The molecule has 0 saturated carbocycles. The van der Waals surface area contributed by atoms with Crippen LogP contribution in [-0.2, 0) is 4.74 Å². The van der Waals surface area contributed by atoms with E-state index in [9.17, 15) is 0 Å². The van der Waals surface area contributed by atoms with Crippen LogP contribution in [0, 0.1) is 12.3 Å². The molecule has 79 valence electrons. The van der Waals surface area contributed by atoms with Crippen LogP contribution in [0.25, 0.3) is 0 Å². The van der Waals surface area contributed by atoms with Crippen LogP contribution in [0.2, 0.25) is 0 Å². The largest absolute Gasteiger partial charge is 0.382 e. The van der Waals surface area contributed by atoms with Gasteiger partial charge in [0.05, 0.1) is 0 Å². The Kier molecular flexibility index (Phi) is 10.0. The Bertz CT molecular complexity index is 91.1. The first-order valence-corrected chi connectivity index (χ1v) is 5.66. The molecule has 0 aliphatic carbocycles. The zero-order chi connectivity index (χ0) is 9.94.